The summed E-state index contributed by atoms with van der Waals surface area (Å²) in [6.45, 7) is 1.97. The fourth-order valence-electron chi connectivity index (χ4n) is 3.87. The Hall–Kier alpha value is -4.15. The van der Waals surface area contributed by atoms with E-state index in [9.17, 15) is 13.2 Å². The summed E-state index contributed by atoms with van der Waals surface area (Å²) in [5, 5.41) is 4.40. The number of sulfonamides is 1. The van der Waals surface area contributed by atoms with Crippen LogP contribution in [0.2, 0.25) is 5.02 Å². The van der Waals surface area contributed by atoms with Crippen LogP contribution in [0.25, 0.3) is 27.8 Å². The molecule has 1 N–H and O–H groups in total. The highest BCUT2D eigenvalue weighted by Crippen LogP contribution is 2.34. The van der Waals surface area contributed by atoms with Gasteiger partial charge in [-0.25, -0.2) is 13.4 Å². The summed E-state index contributed by atoms with van der Waals surface area (Å²) in [5.41, 5.74) is 2.78. The third-order valence-electron chi connectivity index (χ3n) is 5.50. The molecule has 3 heterocycles. The van der Waals surface area contributed by atoms with Crippen molar-refractivity contribution >= 4 is 38.3 Å². The van der Waals surface area contributed by atoms with E-state index in [1.54, 1.807) is 12.1 Å². The molecule has 0 atom stereocenters. The highest BCUT2D eigenvalue weighted by Gasteiger charge is 2.20. The van der Waals surface area contributed by atoms with E-state index in [1.165, 1.54) is 48.3 Å². The molecule has 11 heteroatoms. The topological polar surface area (TPSA) is 116 Å². The Bertz CT molecular complexity index is 1770. The molecule has 0 saturated carbocycles. The van der Waals surface area contributed by atoms with Crippen LogP contribution in [-0.2, 0) is 10.0 Å². The third-order valence-corrected chi connectivity index (χ3v) is 7.14. The van der Waals surface area contributed by atoms with E-state index in [1.807, 2.05) is 31.2 Å². The predicted octanol–water partition coefficient (Wildman–Crippen LogP) is 4.81. The third kappa shape index (κ3) is 4.32. The van der Waals surface area contributed by atoms with Crippen LogP contribution in [0.5, 0.6) is 5.88 Å². The van der Waals surface area contributed by atoms with Gasteiger partial charge in [0.15, 0.2) is 5.82 Å². The Labute approximate surface area is 211 Å². The molecule has 0 bridgehead atoms. The zero-order chi connectivity index (χ0) is 25.4. The Morgan fingerprint density at radius 2 is 1.89 bits per heavy atom. The van der Waals surface area contributed by atoms with Crippen LogP contribution in [-0.4, -0.2) is 30.2 Å². The number of pyridine rings is 2. The van der Waals surface area contributed by atoms with Crippen LogP contribution >= 0.6 is 11.6 Å². The van der Waals surface area contributed by atoms with Gasteiger partial charge >= 0.3 is 0 Å². The van der Waals surface area contributed by atoms with Gasteiger partial charge in [-0.15, -0.1) is 0 Å². The standard InChI is InChI=1S/C25H19ClN4O5S/c1-15-4-3-5-17(12-15)24-19(26)14-21(25(27-24)34-2)30-20-8-7-18(13-16(20)6-9-23(30)31)36(32,33)29-22-10-11-35-28-22/h3-14H,1-2H3,(H,28,29). The molecule has 0 spiro atoms. The van der Waals surface area contributed by atoms with Crippen LogP contribution in [0.4, 0.5) is 5.82 Å². The number of anilines is 1. The molecule has 182 valence electrons. The van der Waals surface area contributed by atoms with Crippen molar-refractivity contribution in [1.29, 1.82) is 0 Å². The molecule has 9 nitrogen and oxygen atoms in total. The highest BCUT2D eigenvalue weighted by molar-refractivity contribution is 7.92. The summed E-state index contributed by atoms with van der Waals surface area (Å²) in [7, 11) is -2.49. The molecule has 0 fully saturated rings. The number of nitrogens with zero attached hydrogens (tertiary/aromatic N) is 3. The Morgan fingerprint density at radius 1 is 1.06 bits per heavy atom. The van der Waals surface area contributed by atoms with Crippen LogP contribution in [0, 0.1) is 6.92 Å². The van der Waals surface area contributed by atoms with Gasteiger partial charge in [-0.1, -0.05) is 40.5 Å². The highest BCUT2D eigenvalue weighted by atomic mass is 35.5. The van der Waals surface area contributed by atoms with Gasteiger partial charge in [0.05, 0.1) is 28.2 Å². The van der Waals surface area contributed by atoms with Gasteiger partial charge in [-0.3, -0.25) is 14.1 Å². The second kappa shape index (κ2) is 9.14. The van der Waals surface area contributed by atoms with Crippen LogP contribution < -0.4 is 15.0 Å². The van der Waals surface area contributed by atoms with Crippen LogP contribution in [0.15, 0.2) is 87.2 Å². The number of fused-ring (bicyclic) bond motifs is 1. The van der Waals surface area contributed by atoms with Crippen LogP contribution in [0.3, 0.4) is 0 Å². The van der Waals surface area contributed by atoms with Crippen molar-refractivity contribution in [2.75, 3.05) is 11.8 Å². The molecule has 5 aromatic rings. The van der Waals surface area contributed by atoms with E-state index in [-0.39, 0.29) is 22.2 Å². The van der Waals surface area contributed by atoms with Crippen molar-refractivity contribution in [1.82, 2.24) is 14.7 Å². The molecule has 0 radical (unpaired) electrons. The quantitative estimate of drug-likeness (QED) is 0.340. The van der Waals surface area contributed by atoms with E-state index in [0.717, 1.165) is 11.1 Å². The number of hydrogen-bond acceptors (Lipinski definition) is 7. The van der Waals surface area contributed by atoms with Gasteiger partial charge in [0, 0.05) is 23.1 Å². The minimum Gasteiger partial charge on any atom is -0.479 e. The molecule has 5 rings (SSSR count). The summed E-state index contributed by atoms with van der Waals surface area (Å²) < 4.78 is 39.5. The Morgan fingerprint density at radius 3 is 2.61 bits per heavy atom. The zero-order valence-electron chi connectivity index (χ0n) is 19.1. The van der Waals surface area contributed by atoms with Gasteiger partial charge in [-0.05, 0) is 43.3 Å². The van der Waals surface area contributed by atoms with Crippen molar-refractivity contribution in [3.63, 3.8) is 0 Å². The number of hydrogen-bond donors (Lipinski definition) is 1. The van der Waals surface area contributed by atoms with Crippen LogP contribution in [0.1, 0.15) is 5.56 Å². The number of aromatic nitrogens is 3. The molecule has 3 aromatic heterocycles. The minimum atomic E-state index is -3.94. The maximum atomic E-state index is 13.0. The largest absolute Gasteiger partial charge is 0.479 e. The van der Waals surface area contributed by atoms with Gasteiger partial charge < -0.3 is 9.26 Å². The summed E-state index contributed by atoms with van der Waals surface area (Å²) in [4.78, 5) is 17.6. The SMILES string of the molecule is COc1nc(-c2cccc(C)c2)c(Cl)cc1-n1c(=O)ccc2cc(S(=O)(=O)Nc3ccon3)ccc21. The lowest BCUT2D eigenvalue weighted by molar-refractivity contribution is 0.396. The normalized spacial score (nSPS) is 11.5. The number of rotatable bonds is 6. The van der Waals surface area contributed by atoms with Crippen molar-refractivity contribution in [3.05, 3.63) is 93.9 Å². The fraction of sp³-hybridized carbons (Fsp3) is 0.0800. The summed E-state index contributed by atoms with van der Waals surface area (Å²) in [5.74, 6) is 0.245. The average molecular weight is 523 g/mol. The van der Waals surface area contributed by atoms with E-state index in [0.29, 0.717) is 27.3 Å². The molecule has 0 aliphatic heterocycles. The summed E-state index contributed by atoms with van der Waals surface area (Å²) >= 11 is 6.62. The number of ether oxygens (including phenoxy) is 1. The van der Waals surface area contributed by atoms with E-state index < -0.39 is 10.0 Å². The molecule has 0 aliphatic carbocycles. The molecule has 0 amide bonds. The van der Waals surface area contributed by atoms with Gasteiger partial charge in [-0.2, -0.15) is 0 Å². The first kappa shape index (κ1) is 23.6. The molecular formula is C25H19ClN4O5S. The van der Waals surface area contributed by atoms with Crippen molar-refractivity contribution in [2.24, 2.45) is 0 Å². The number of halogens is 1. The first-order chi connectivity index (χ1) is 17.3. The fourth-order valence-corrected chi connectivity index (χ4v) is 5.15. The molecule has 0 unspecified atom stereocenters. The Kier molecular flexibility index (Phi) is 5.99. The summed E-state index contributed by atoms with van der Waals surface area (Å²) in [6, 6.07) is 18.0. The lowest BCUT2D eigenvalue weighted by Gasteiger charge is -2.16. The zero-order valence-corrected chi connectivity index (χ0v) is 20.7. The molecule has 2 aromatic carbocycles. The summed E-state index contributed by atoms with van der Waals surface area (Å²) in [6.07, 6.45) is 1.26. The van der Waals surface area contributed by atoms with Crippen molar-refractivity contribution in [3.8, 4) is 22.8 Å². The second-order valence-electron chi connectivity index (χ2n) is 7.93. The molecule has 36 heavy (non-hydrogen) atoms. The monoisotopic (exact) mass is 522 g/mol. The van der Waals surface area contributed by atoms with Crippen molar-refractivity contribution < 1.29 is 17.7 Å². The number of methoxy groups -OCH3 is 1. The number of nitrogens with one attached hydrogen (secondary N) is 1. The smallest absolute Gasteiger partial charge is 0.263 e. The van der Waals surface area contributed by atoms with Crippen molar-refractivity contribution in [2.45, 2.75) is 11.8 Å². The maximum absolute atomic E-state index is 13.0. The minimum absolute atomic E-state index is 0.0129. The second-order valence-corrected chi connectivity index (χ2v) is 10.0. The lowest BCUT2D eigenvalue weighted by Crippen LogP contribution is -2.19. The first-order valence-electron chi connectivity index (χ1n) is 10.7. The predicted molar refractivity (Wildman–Crippen MR) is 136 cm³/mol. The van der Waals surface area contributed by atoms with E-state index in [4.69, 9.17) is 16.3 Å². The maximum Gasteiger partial charge on any atom is 0.263 e. The van der Waals surface area contributed by atoms with Gasteiger partial charge in [0.25, 0.3) is 15.6 Å². The van der Waals surface area contributed by atoms with E-state index in [2.05, 4.69) is 19.4 Å². The molecule has 0 saturated heterocycles. The number of benzene rings is 2. The Balaban J connectivity index is 1.65. The molecular weight excluding hydrogens is 504 g/mol. The van der Waals surface area contributed by atoms with Gasteiger partial charge in [0.1, 0.15) is 12.0 Å². The lowest BCUT2D eigenvalue weighted by atomic mass is 10.1. The molecule has 0 aliphatic rings. The first-order valence-corrected chi connectivity index (χ1v) is 12.5. The van der Waals surface area contributed by atoms with Gasteiger partial charge in [0.2, 0.25) is 5.88 Å². The number of aryl methyl sites for hydroxylation is 1. The van der Waals surface area contributed by atoms with E-state index >= 15 is 0 Å². The average Bonchev–Trinajstić information content (AvgIpc) is 3.36.